The summed E-state index contributed by atoms with van der Waals surface area (Å²) in [7, 11) is 0. The van der Waals surface area contributed by atoms with E-state index in [9.17, 15) is 9.59 Å². The molecular formula is C14H25N3O2. The van der Waals surface area contributed by atoms with Gasteiger partial charge in [-0.1, -0.05) is 12.8 Å². The average molecular weight is 267 g/mol. The van der Waals surface area contributed by atoms with Crippen LogP contribution in [0.15, 0.2) is 0 Å². The van der Waals surface area contributed by atoms with Gasteiger partial charge in [0.1, 0.15) is 0 Å². The van der Waals surface area contributed by atoms with Crippen molar-refractivity contribution in [3.63, 3.8) is 0 Å². The van der Waals surface area contributed by atoms with Crippen LogP contribution in [0.4, 0.5) is 0 Å². The number of nitrogens with two attached hydrogens (primary N) is 1. The van der Waals surface area contributed by atoms with Gasteiger partial charge >= 0.3 is 0 Å². The smallest absolute Gasteiger partial charge is 0.237 e. The summed E-state index contributed by atoms with van der Waals surface area (Å²) in [6.07, 6.45) is 4.36. The topological polar surface area (TPSA) is 75.4 Å². The van der Waals surface area contributed by atoms with Crippen LogP contribution < -0.4 is 11.1 Å². The number of nitrogens with zero attached hydrogens (tertiary/aromatic N) is 1. The second kappa shape index (κ2) is 5.49. The van der Waals surface area contributed by atoms with Crippen LogP contribution in [0.1, 0.15) is 39.5 Å². The molecule has 3 N–H and O–H groups in total. The minimum atomic E-state index is -0.434. The molecule has 2 amide bonds. The molecule has 0 unspecified atom stereocenters. The van der Waals surface area contributed by atoms with Gasteiger partial charge in [-0.3, -0.25) is 9.59 Å². The van der Waals surface area contributed by atoms with E-state index < -0.39 is 5.91 Å². The highest BCUT2D eigenvalue weighted by Crippen LogP contribution is 2.45. The largest absolute Gasteiger partial charge is 0.368 e. The molecule has 1 saturated heterocycles. The zero-order valence-corrected chi connectivity index (χ0v) is 11.9. The van der Waals surface area contributed by atoms with Crippen LogP contribution in [0.5, 0.6) is 0 Å². The summed E-state index contributed by atoms with van der Waals surface area (Å²) in [6.45, 7) is 5.59. The number of hydrogen-bond donors (Lipinski definition) is 2. The Morgan fingerprint density at radius 1 is 1.42 bits per heavy atom. The maximum atomic E-state index is 13.0. The molecule has 19 heavy (non-hydrogen) atoms. The lowest BCUT2D eigenvalue weighted by atomic mass is 9.67. The molecule has 0 aromatic rings. The predicted molar refractivity (Wildman–Crippen MR) is 73.3 cm³/mol. The van der Waals surface area contributed by atoms with Gasteiger partial charge in [-0.15, -0.1) is 0 Å². The molecule has 2 fully saturated rings. The molecule has 0 radical (unpaired) electrons. The molecule has 2 aliphatic rings. The first-order valence-corrected chi connectivity index (χ1v) is 7.27. The van der Waals surface area contributed by atoms with Crippen LogP contribution in [0.25, 0.3) is 0 Å². The Hall–Kier alpha value is -1.10. The second-order valence-corrected chi connectivity index (χ2v) is 6.22. The lowest BCUT2D eigenvalue weighted by Crippen LogP contribution is -2.53. The van der Waals surface area contributed by atoms with Crippen LogP contribution in [0, 0.1) is 11.3 Å². The summed E-state index contributed by atoms with van der Waals surface area (Å²) < 4.78 is 0. The van der Waals surface area contributed by atoms with Crippen molar-refractivity contribution in [2.75, 3.05) is 19.6 Å². The van der Waals surface area contributed by atoms with Gasteiger partial charge in [0, 0.05) is 12.6 Å². The van der Waals surface area contributed by atoms with E-state index in [0.29, 0.717) is 5.92 Å². The van der Waals surface area contributed by atoms with Crippen LogP contribution >= 0.6 is 0 Å². The maximum Gasteiger partial charge on any atom is 0.237 e. The molecule has 0 bridgehead atoms. The van der Waals surface area contributed by atoms with E-state index in [1.165, 1.54) is 6.42 Å². The number of carbonyl (C=O) groups is 2. The van der Waals surface area contributed by atoms with Crippen LogP contribution in [-0.4, -0.2) is 42.4 Å². The summed E-state index contributed by atoms with van der Waals surface area (Å²) >= 11 is 0. The molecular weight excluding hydrogens is 242 g/mol. The van der Waals surface area contributed by atoms with Crippen molar-refractivity contribution in [1.29, 1.82) is 0 Å². The molecule has 2 rings (SSSR count). The summed E-state index contributed by atoms with van der Waals surface area (Å²) in [5, 5.41) is 3.37. The maximum absolute atomic E-state index is 13.0. The number of hydrogen-bond acceptors (Lipinski definition) is 3. The van der Waals surface area contributed by atoms with Gasteiger partial charge in [0.05, 0.1) is 12.0 Å². The highest BCUT2D eigenvalue weighted by atomic mass is 16.2. The monoisotopic (exact) mass is 267 g/mol. The van der Waals surface area contributed by atoms with Gasteiger partial charge in [-0.05, 0) is 39.2 Å². The fraction of sp³-hybridized carbons (Fsp3) is 0.857. The van der Waals surface area contributed by atoms with E-state index in [1.807, 2.05) is 13.8 Å². The Bertz CT molecular complexity index is 370. The van der Waals surface area contributed by atoms with E-state index >= 15 is 0 Å². The Labute approximate surface area is 114 Å². The van der Waals surface area contributed by atoms with E-state index in [1.54, 1.807) is 4.90 Å². The fourth-order valence-corrected chi connectivity index (χ4v) is 3.61. The molecule has 1 saturated carbocycles. The highest BCUT2D eigenvalue weighted by molar-refractivity contribution is 5.88. The van der Waals surface area contributed by atoms with E-state index in [0.717, 1.165) is 32.4 Å². The predicted octanol–water partition coefficient (Wildman–Crippen LogP) is 0.489. The molecule has 0 aromatic carbocycles. The first-order valence-electron chi connectivity index (χ1n) is 7.27. The molecule has 108 valence electrons. The Morgan fingerprint density at radius 3 is 2.79 bits per heavy atom. The Balaban J connectivity index is 2.21. The summed E-state index contributed by atoms with van der Waals surface area (Å²) in [6, 6.07) is 0.0116. The molecule has 5 nitrogen and oxygen atoms in total. The van der Waals surface area contributed by atoms with Crippen LogP contribution in [-0.2, 0) is 9.59 Å². The molecule has 1 aliphatic heterocycles. The van der Waals surface area contributed by atoms with Crippen molar-refractivity contribution in [3.05, 3.63) is 0 Å². The van der Waals surface area contributed by atoms with Crippen molar-refractivity contribution >= 4 is 11.8 Å². The zero-order valence-electron chi connectivity index (χ0n) is 11.9. The number of rotatable bonds is 4. The lowest BCUT2D eigenvalue weighted by molar-refractivity contribution is -0.149. The minimum Gasteiger partial charge on any atom is -0.368 e. The number of nitrogens with one attached hydrogen (secondary N) is 1. The van der Waals surface area contributed by atoms with Gasteiger partial charge in [0.2, 0.25) is 11.8 Å². The zero-order chi connectivity index (χ0) is 14.0. The van der Waals surface area contributed by atoms with Gasteiger partial charge in [-0.25, -0.2) is 0 Å². The van der Waals surface area contributed by atoms with Crippen molar-refractivity contribution < 1.29 is 9.59 Å². The molecule has 5 heteroatoms. The SMILES string of the molecule is CC(C)N(CC(N)=O)C(=O)[C@@]12CCCC[C@H]1CNC2. The summed E-state index contributed by atoms with van der Waals surface area (Å²) in [5.41, 5.74) is 4.99. The molecule has 1 aliphatic carbocycles. The van der Waals surface area contributed by atoms with Crippen molar-refractivity contribution in [3.8, 4) is 0 Å². The van der Waals surface area contributed by atoms with Gasteiger partial charge in [-0.2, -0.15) is 0 Å². The third-order valence-corrected chi connectivity index (χ3v) is 4.67. The van der Waals surface area contributed by atoms with Gasteiger partial charge < -0.3 is 16.0 Å². The number of primary amides is 1. The third-order valence-electron chi connectivity index (χ3n) is 4.67. The van der Waals surface area contributed by atoms with Gasteiger partial charge in [0.15, 0.2) is 0 Å². The standard InChI is InChI=1S/C14H25N3O2/c1-10(2)17(8-12(15)18)13(19)14-6-4-3-5-11(14)7-16-9-14/h10-11,16H,3-9H2,1-2H3,(H2,15,18)/t11-,14+/m0/s1. The molecule has 1 heterocycles. The average Bonchev–Trinajstić information content (AvgIpc) is 2.79. The molecule has 2 atom stereocenters. The Kier molecular flexibility index (Phi) is 4.13. The van der Waals surface area contributed by atoms with Crippen molar-refractivity contribution in [2.45, 2.75) is 45.6 Å². The van der Waals surface area contributed by atoms with Crippen molar-refractivity contribution in [1.82, 2.24) is 10.2 Å². The minimum absolute atomic E-state index is 0.0116. The first kappa shape index (κ1) is 14.3. The quantitative estimate of drug-likeness (QED) is 0.778. The summed E-state index contributed by atoms with van der Waals surface area (Å²) in [4.78, 5) is 25.8. The Morgan fingerprint density at radius 2 is 2.16 bits per heavy atom. The number of fused-ring (bicyclic) bond motifs is 1. The summed E-state index contributed by atoms with van der Waals surface area (Å²) in [5.74, 6) is 0.107. The molecule has 0 aromatic heterocycles. The third kappa shape index (κ3) is 2.61. The van der Waals surface area contributed by atoms with Crippen LogP contribution in [0.3, 0.4) is 0 Å². The number of carbonyl (C=O) groups excluding carboxylic acids is 2. The van der Waals surface area contributed by atoms with Crippen molar-refractivity contribution in [2.24, 2.45) is 17.1 Å². The van der Waals surface area contributed by atoms with E-state index in [-0.39, 0.29) is 23.9 Å². The number of amides is 2. The highest BCUT2D eigenvalue weighted by Gasteiger charge is 2.51. The second-order valence-electron chi connectivity index (χ2n) is 6.22. The molecule has 0 spiro atoms. The fourth-order valence-electron chi connectivity index (χ4n) is 3.61. The normalized spacial score (nSPS) is 30.2. The van der Waals surface area contributed by atoms with E-state index in [2.05, 4.69) is 5.32 Å². The lowest BCUT2D eigenvalue weighted by Gasteiger charge is -2.41. The van der Waals surface area contributed by atoms with Gasteiger partial charge in [0.25, 0.3) is 0 Å². The first-order chi connectivity index (χ1) is 8.97. The van der Waals surface area contributed by atoms with E-state index in [4.69, 9.17) is 5.73 Å². The van der Waals surface area contributed by atoms with Crippen LogP contribution in [0.2, 0.25) is 0 Å².